The van der Waals surface area contributed by atoms with E-state index in [9.17, 15) is 17.6 Å². The predicted octanol–water partition coefficient (Wildman–Crippen LogP) is 5.35. The van der Waals surface area contributed by atoms with Gasteiger partial charge in [0.25, 0.3) is 6.43 Å². The number of pyridine rings is 1. The highest BCUT2D eigenvalue weighted by molar-refractivity contribution is 5.72. The summed E-state index contributed by atoms with van der Waals surface area (Å²) in [4.78, 5) is 4.25. The first kappa shape index (κ1) is 23.8. The summed E-state index contributed by atoms with van der Waals surface area (Å²) in [6.45, 7) is 3.73. The highest BCUT2D eigenvalue weighted by atomic mass is 19.3. The van der Waals surface area contributed by atoms with Gasteiger partial charge in [-0.15, -0.1) is 0 Å². The first-order valence-electron chi connectivity index (χ1n) is 11.4. The third kappa shape index (κ3) is 4.18. The number of nitrogen functional groups attached to an aromatic ring is 1. The second kappa shape index (κ2) is 8.96. The van der Waals surface area contributed by atoms with Crippen molar-refractivity contribution in [2.45, 2.75) is 45.6 Å². The zero-order chi connectivity index (χ0) is 25.7. The molecule has 0 aliphatic carbocycles. The standard InChI is InChI=1S/C25H24F4N6O/c1-12-4-5-19-16(6-12)13(2)36-21-7-14(11-31-25(21)30)23-17(10-22(26)27)32-34(3)20(23)9-15-8-18(24(28)29)33-35(15)19/h4-8,11,13,22,24H,9-10H2,1-3H3,(H2,30,31)/t13-/m1/s1. The summed E-state index contributed by atoms with van der Waals surface area (Å²) < 4.78 is 63.6. The number of alkyl halides is 4. The minimum atomic E-state index is -2.79. The predicted molar refractivity (Wildman–Crippen MR) is 126 cm³/mol. The van der Waals surface area contributed by atoms with Crippen LogP contribution in [-0.4, -0.2) is 31.0 Å². The lowest BCUT2D eigenvalue weighted by Gasteiger charge is -2.22. The number of benzene rings is 1. The van der Waals surface area contributed by atoms with Crippen LogP contribution in [0.2, 0.25) is 0 Å². The van der Waals surface area contributed by atoms with Gasteiger partial charge in [0, 0.05) is 36.4 Å². The molecule has 4 aromatic rings. The van der Waals surface area contributed by atoms with Gasteiger partial charge in [0.15, 0.2) is 11.6 Å². The summed E-state index contributed by atoms with van der Waals surface area (Å²) in [5.74, 6) is 0.414. The molecule has 0 fully saturated rings. The van der Waals surface area contributed by atoms with Crippen molar-refractivity contribution in [3.63, 3.8) is 0 Å². The molecule has 2 N–H and O–H groups in total. The van der Waals surface area contributed by atoms with E-state index in [1.807, 2.05) is 26.0 Å². The van der Waals surface area contributed by atoms with E-state index >= 15 is 0 Å². The third-order valence-electron chi connectivity index (χ3n) is 6.28. The minimum Gasteiger partial charge on any atom is -0.482 e. The van der Waals surface area contributed by atoms with Crippen LogP contribution in [0.5, 0.6) is 5.75 Å². The highest BCUT2D eigenvalue weighted by Crippen LogP contribution is 2.38. The fourth-order valence-corrected chi connectivity index (χ4v) is 4.63. The minimum absolute atomic E-state index is 0.115. The number of nitrogens with two attached hydrogens (primary N) is 1. The average molecular weight is 501 g/mol. The Kier molecular flexibility index (Phi) is 5.93. The van der Waals surface area contributed by atoms with Gasteiger partial charge in [-0.2, -0.15) is 10.2 Å². The molecule has 5 rings (SSSR count). The molecule has 0 radical (unpaired) electrons. The van der Waals surface area contributed by atoms with Crippen LogP contribution in [0.3, 0.4) is 0 Å². The Bertz CT molecular complexity index is 1440. The van der Waals surface area contributed by atoms with Gasteiger partial charge in [-0.25, -0.2) is 27.2 Å². The van der Waals surface area contributed by atoms with Gasteiger partial charge in [-0.1, -0.05) is 17.7 Å². The third-order valence-corrected chi connectivity index (χ3v) is 6.28. The number of anilines is 1. The van der Waals surface area contributed by atoms with E-state index in [2.05, 4.69) is 15.2 Å². The summed E-state index contributed by atoms with van der Waals surface area (Å²) in [6.07, 6.45) is -4.96. The molecule has 1 aliphatic rings. The Morgan fingerprint density at radius 3 is 2.64 bits per heavy atom. The first-order valence-corrected chi connectivity index (χ1v) is 11.4. The molecule has 1 aromatic carbocycles. The summed E-state index contributed by atoms with van der Waals surface area (Å²) in [5, 5.41) is 8.56. The summed E-state index contributed by atoms with van der Waals surface area (Å²) >= 11 is 0. The maximum Gasteiger partial charge on any atom is 0.282 e. The second-order valence-corrected chi connectivity index (χ2v) is 8.87. The molecule has 3 aromatic heterocycles. The second-order valence-electron chi connectivity index (χ2n) is 8.87. The monoisotopic (exact) mass is 500 g/mol. The Labute approximate surface area is 204 Å². The van der Waals surface area contributed by atoms with Gasteiger partial charge in [-0.05, 0) is 32.0 Å². The SMILES string of the molecule is Cc1ccc2c(c1)[C@@H](C)Oc1cc(cnc1N)-c1c(CC(F)F)nn(C)c1Cc1cc(C(F)F)nn1-2. The Morgan fingerprint density at radius 2 is 1.92 bits per heavy atom. The topological polar surface area (TPSA) is 83.8 Å². The molecular formula is C25H24F4N6O. The van der Waals surface area contributed by atoms with Gasteiger partial charge in [0.1, 0.15) is 11.8 Å². The maximum atomic E-state index is 13.8. The zero-order valence-corrected chi connectivity index (χ0v) is 19.8. The van der Waals surface area contributed by atoms with E-state index in [-0.39, 0.29) is 29.4 Å². The molecule has 36 heavy (non-hydrogen) atoms. The van der Waals surface area contributed by atoms with E-state index in [1.54, 1.807) is 19.2 Å². The lowest BCUT2D eigenvalue weighted by Crippen LogP contribution is -2.14. The van der Waals surface area contributed by atoms with Crippen LogP contribution < -0.4 is 10.5 Å². The molecule has 0 saturated carbocycles. The molecule has 0 saturated heterocycles. The highest BCUT2D eigenvalue weighted by Gasteiger charge is 2.27. The molecule has 7 nitrogen and oxygen atoms in total. The van der Waals surface area contributed by atoms with Crippen LogP contribution in [0.15, 0.2) is 36.5 Å². The van der Waals surface area contributed by atoms with Crippen LogP contribution in [0.4, 0.5) is 23.4 Å². The van der Waals surface area contributed by atoms with Crippen molar-refractivity contribution in [2.75, 3.05) is 5.73 Å². The number of ether oxygens (including phenoxy) is 1. The van der Waals surface area contributed by atoms with Crippen molar-refractivity contribution in [1.82, 2.24) is 24.5 Å². The number of aromatic nitrogens is 5. The van der Waals surface area contributed by atoms with Crippen molar-refractivity contribution in [2.24, 2.45) is 7.05 Å². The molecule has 2 bridgehead atoms. The molecule has 11 heteroatoms. The summed E-state index contributed by atoms with van der Waals surface area (Å²) in [6, 6.07) is 8.56. The molecule has 0 spiro atoms. The van der Waals surface area contributed by atoms with Gasteiger partial charge in [-0.3, -0.25) is 4.68 Å². The van der Waals surface area contributed by atoms with Gasteiger partial charge in [0.2, 0.25) is 6.43 Å². The molecule has 1 atom stereocenters. The number of aryl methyl sites for hydroxylation is 2. The normalized spacial score (nSPS) is 15.1. The molecule has 0 unspecified atom stereocenters. The first-order chi connectivity index (χ1) is 17.1. The van der Waals surface area contributed by atoms with Gasteiger partial charge in [0.05, 0.1) is 29.2 Å². The number of nitrogens with zero attached hydrogens (tertiary/aromatic N) is 5. The lowest BCUT2D eigenvalue weighted by atomic mass is 9.99. The molecular weight excluding hydrogens is 476 g/mol. The lowest BCUT2D eigenvalue weighted by molar-refractivity contribution is 0.145. The molecule has 0 amide bonds. The zero-order valence-electron chi connectivity index (χ0n) is 19.8. The van der Waals surface area contributed by atoms with Crippen molar-refractivity contribution in [3.05, 3.63) is 70.4 Å². The quantitative estimate of drug-likeness (QED) is 0.384. The van der Waals surface area contributed by atoms with E-state index in [1.165, 1.54) is 21.6 Å². The van der Waals surface area contributed by atoms with Gasteiger partial charge >= 0.3 is 0 Å². The van der Waals surface area contributed by atoms with Crippen molar-refractivity contribution < 1.29 is 22.3 Å². The van der Waals surface area contributed by atoms with Crippen molar-refractivity contribution >= 4 is 5.82 Å². The molecule has 188 valence electrons. The molecule has 1 aliphatic heterocycles. The van der Waals surface area contributed by atoms with Crippen LogP contribution in [0, 0.1) is 6.92 Å². The van der Waals surface area contributed by atoms with Crippen LogP contribution >= 0.6 is 0 Å². The smallest absolute Gasteiger partial charge is 0.282 e. The number of rotatable bonds is 3. The van der Waals surface area contributed by atoms with Gasteiger partial charge < -0.3 is 10.5 Å². The number of hydrogen-bond acceptors (Lipinski definition) is 5. The van der Waals surface area contributed by atoms with E-state index in [0.29, 0.717) is 33.8 Å². The average Bonchev–Trinajstić information content (AvgIpc) is 3.36. The largest absolute Gasteiger partial charge is 0.482 e. The fraction of sp³-hybridized carbons (Fsp3) is 0.320. The Morgan fingerprint density at radius 1 is 1.14 bits per heavy atom. The van der Waals surface area contributed by atoms with Crippen LogP contribution in [0.1, 0.15) is 53.4 Å². The Balaban J connectivity index is 1.82. The van der Waals surface area contributed by atoms with Crippen LogP contribution in [0.25, 0.3) is 16.8 Å². The summed E-state index contributed by atoms with van der Waals surface area (Å²) in [5.41, 5.74) is 10.1. The number of halogens is 4. The van der Waals surface area contributed by atoms with E-state index < -0.39 is 25.4 Å². The fourth-order valence-electron chi connectivity index (χ4n) is 4.63. The number of hydrogen-bond donors (Lipinski definition) is 1. The van der Waals surface area contributed by atoms with Crippen molar-refractivity contribution in [1.29, 1.82) is 0 Å². The number of fused-ring (bicyclic) bond motifs is 7. The maximum absolute atomic E-state index is 13.8. The van der Waals surface area contributed by atoms with Crippen molar-refractivity contribution in [3.8, 4) is 22.6 Å². The Hall–Kier alpha value is -3.89. The molecule has 4 heterocycles. The van der Waals surface area contributed by atoms with Crippen LogP contribution in [-0.2, 0) is 19.9 Å². The summed E-state index contributed by atoms with van der Waals surface area (Å²) in [7, 11) is 1.63. The van der Waals surface area contributed by atoms with E-state index in [4.69, 9.17) is 10.5 Å². The van der Waals surface area contributed by atoms with E-state index in [0.717, 1.165) is 5.56 Å².